The van der Waals surface area contributed by atoms with Crippen molar-refractivity contribution in [2.24, 2.45) is 0 Å². The van der Waals surface area contributed by atoms with Crippen LogP contribution in [0.25, 0.3) is 0 Å². The maximum atomic E-state index is 12.6. The number of para-hydroxylation sites is 1. The molecule has 0 atom stereocenters. The van der Waals surface area contributed by atoms with Gasteiger partial charge in [-0.25, -0.2) is 0 Å². The molecular weight excluding hydrogens is 266 g/mol. The van der Waals surface area contributed by atoms with Gasteiger partial charge in [-0.05, 0) is 38.3 Å². The number of carbonyl (C=O) groups is 1. The van der Waals surface area contributed by atoms with Crippen LogP contribution in [0, 0.1) is 0 Å². The lowest BCUT2D eigenvalue weighted by Crippen LogP contribution is -2.43. The van der Waals surface area contributed by atoms with Gasteiger partial charge in [-0.1, -0.05) is 18.6 Å². The van der Waals surface area contributed by atoms with E-state index in [9.17, 15) is 4.79 Å². The highest BCUT2D eigenvalue weighted by atomic mass is 16.5. The van der Waals surface area contributed by atoms with Gasteiger partial charge in [-0.15, -0.1) is 0 Å². The Bertz CT molecular complexity index is 457. The van der Waals surface area contributed by atoms with E-state index in [0.29, 0.717) is 30.5 Å². The first-order valence-electron chi connectivity index (χ1n) is 7.86. The summed E-state index contributed by atoms with van der Waals surface area (Å²) in [6.07, 6.45) is 4.28. The number of aliphatic hydroxyl groups excluding tert-OH is 1. The third-order valence-electron chi connectivity index (χ3n) is 4.03. The summed E-state index contributed by atoms with van der Waals surface area (Å²) < 4.78 is 5.54. The first-order valence-corrected chi connectivity index (χ1v) is 7.86. The van der Waals surface area contributed by atoms with Gasteiger partial charge in [0.2, 0.25) is 0 Å². The highest BCUT2D eigenvalue weighted by Gasteiger charge is 2.27. The molecule has 21 heavy (non-hydrogen) atoms. The number of ether oxygens (including phenoxy) is 1. The molecule has 0 spiro atoms. The fourth-order valence-electron chi connectivity index (χ4n) is 2.66. The van der Waals surface area contributed by atoms with Crippen LogP contribution in [-0.4, -0.2) is 48.1 Å². The van der Waals surface area contributed by atoms with Crippen molar-refractivity contribution in [2.45, 2.75) is 38.6 Å². The number of hydrogen-bond donors (Lipinski definition) is 1. The van der Waals surface area contributed by atoms with E-state index in [0.717, 1.165) is 25.8 Å². The number of benzene rings is 1. The summed E-state index contributed by atoms with van der Waals surface area (Å²) in [6.45, 7) is 3.84. The average Bonchev–Trinajstić information content (AvgIpc) is 2.43. The molecule has 0 aliphatic heterocycles. The standard InChI is InChI=1S/C17H25NO3/c1-2-21-17-10-4-3-9-15(17)16(20)13-18(11-6-12-19)14-7-5-8-14/h3-4,9-10,14,19H,2,5-8,11-13H2,1H3. The molecule has 0 heterocycles. The van der Waals surface area contributed by atoms with E-state index in [1.807, 2.05) is 31.2 Å². The van der Waals surface area contributed by atoms with E-state index in [2.05, 4.69) is 4.90 Å². The Labute approximate surface area is 126 Å². The minimum absolute atomic E-state index is 0.101. The van der Waals surface area contributed by atoms with Crippen molar-refractivity contribution >= 4 is 5.78 Å². The molecule has 0 radical (unpaired) electrons. The summed E-state index contributed by atoms with van der Waals surface area (Å²) in [4.78, 5) is 14.8. The summed E-state index contributed by atoms with van der Waals surface area (Å²) in [5, 5.41) is 9.02. The highest BCUT2D eigenvalue weighted by molar-refractivity contribution is 6.00. The molecule has 0 bridgehead atoms. The molecule has 0 amide bonds. The van der Waals surface area contributed by atoms with Crippen molar-refractivity contribution < 1.29 is 14.6 Å². The van der Waals surface area contributed by atoms with Gasteiger partial charge >= 0.3 is 0 Å². The lowest BCUT2D eigenvalue weighted by molar-refractivity contribution is 0.0785. The van der Waals surface area contributed by atoms with Gasteiger partial charge in [-0.2, -0.15) is 0 Å². The lowest BCUT2D eigenvalue weighted by atomic mass is 9.91. The lowest BCUT2D eigenvalue weighted by Gasteiger charge is -2.37. The molecule has 4 nitrogen and oxygen atoms in total. The summed E-state index contributed by atoms with van der Waals surface area (Å²) in [5.41, 5.74) is 0.660. The van der Waals surface area contributed by atoms with Crippen molar-refractivity contribution in [3.8, 4) is 5.75 Å². The molecule has 116 valence electrons. The van der Waals surface area contributed by atoms with Crippen LogP contribution >= 0.6 is 0 Å². The van der Waals surface area contributed by atoms with E-state index in [-0.39, 0.29) is 12.4 Å². The zero-order valence-electron chi connectivity index (χ0n) is 12.8. The predicted octanol–water partition coefficient (Wildman–Crippen LogP) is 2.50. The minimum atomic E-state index is 0.101. The van der Waals surface area contributed by atoms with Gasteiger partial charge in [0, 0.05) is 19.2 Å². The maximum absolute atomic E-state index is 12.6. The number of aliphatic hydroxyl groups is 1. The molecule has 1 aliphatic rings. The largest absolute Gasteiger partial charge is 0.493 e. The van der Waals surface area contributed by atoms with Gasteiger partial charge in [0.25, 0.3) is 0 Å². The van der Waals surface area contributed by atoms with E-state index in [1.54, 1.807) is 0 Å². The van der Waals surface area contributed by atoms with Crippen molar-refractivity contribution in [1.82, 2.24) is 4.90 Å². The highest BCUT2D eigenvalue weighted by Crippen LogP contribution is 2.26. The van der Waals surface area contributed by atoms with E-state index < -0.39 is 0 Å². The molecular formula is C17H25NO3. The Morgan fingerprint density at radius 1 is 1.38 bits per heavy atom. The Balaban J connectivity index is 2.03. The summed E-state index contributed by atoms with van der Waals surface area (Å²) >= 11 is 0. The number of nitrogens with zero attached hydrogens (tertiary/aromatic N) is 1. The number of Topliss-reactive ketones (excluding diaryl/α,β-unsaturated/α-hetero) is 1. The zero-order valence-corrected chi connectivity index (χ0v) is 12.8. The first-order chi connectivity index (χ1) is 10.3. The molecule has 4 heteroatoms. The zero-order chi connectivity index (χ0) is 15.1. The molecule has 1 saturated carbocycles. The Morgan fingerprint density at radius 3 is 2.76 bits per heavy atom. The summed E-state index contributed by atoms with van der Waals surface area (Å²) in [6, 6.07) is 7.94. The topological polar surface area (TPSA) is 49.8 Å². The molecule has 1 aliphatic carbocycles. The number of hydrogen-bond acceptors (Lipinski definition) is 4. The SMILES string of the molecule is CCOc1ccccc1C(=O)CN(CCCO)C1CCC1. The normalized spacial score (nSPS) is 15.0. The van der Waals surface area contributed by atoms with Gasteiger partial charge in [-0.3, -0.25) is 9.69 Å². The van der Waals surface area contributed by atoms with E-state index >= 15 is 0 Å². The number of carbonyl (C=O) groups excluding carboxylic acids is 1. The van der Waals surface area contributed by atoms with Crippen molar-refractivity contribution in [1.29, 1.82) is 0 Å². The molecule has 2 rings (SSSR count). The maximum Gasteiger partial charge on any atom is 0.180 e. The quantitative estimate of drug-likeness (QED) is 0.710. The number of ketones is 1. The predicted molar refractivity (Wildman–Crippen MR) is 82.9 cm³/mol. The molecule has 1 N–H and O–H groups in total. The van der Waals surface area contributed by atoms with Crippen molar-refractivity contribution in [3.05, 3.63) is 29.8 Å². The third-order valence-corrected chi connectivity index (χ3v) is 4.03. The van der Waals surface area contributed by atoms with Crippen LogP contribution in [0.1, 0.15) is 43.0 Å². The Kier molecular flexibility index (Phi) is 6.21. The van der Waals surface area contributed by atoms with Crippen LogP contribution in [0.5, 0.6) is 5.75 Å². The summed E-state index contributed by atoms with van der Waals surface area (Å²) in [5.74, 6) is 0.768. The molecule has 0 unspecified atom stereocenters. The van der Waals surface area contributed by atoms with Crippen molar-refractivity contribution in [3.63, 3.8) is 0 Å². The minimum Gasteiger partial charge on any atom is -0.493 e. The average molecular weight is 291 g/mol. The summed E-state index contributed by atoms with van der Waals surface area (Å²) in [7, 11) is 0. The van der Waals surface area contributed by atoms with E-state index in [4.69, 9.17) is 9.84 Å². The van der Waals surface area contributed by atoms with Crippen LogP contribution in [-0.2, 0) is 0 Å². The van der Waals surface area contributed by atoms with Crippen LogP contribution in [0.2, 0.25) is 0 Å². The van der Waals surface area contributed by atoms with Gasteiger partial charge in [0.05, 0.1) is 18.7 Å². The fraction of sp³-hybridized carbons (Fsp3) is 0.588. The van der Waals surface area contributed by atoms with Crippen LogP contribution in [0.15, 0.2) is 24.3 Å². The molecule has 1 aromatic rings. The van der Waals surface area contributed by atoms with Gasteiger partial charge in [0.1, 0.15) is 5.75 Å². The smallest absolute Gasteiger partial charge is 0.180 e. The molecule has 1 fully saturated rings. The van der Waals surface area contributed by atoms with Crippen LogP contribution in [0.3, 0.4) is 0 Å². The third kappa shape index (κ3) is 4.29. The van der Waals surface area contributed by atoms with Crippen LogP contribution < -0.4 is 4.74 Å². The Hall–Kier alpha value is -1.39. The Morgan fingerprint density at radius 2 is 2.14 bits per heavy atom. The van der Waals surface area contributed by atoms with Gasteiger partial charge < -0.3 is 9.84 Å². The molecule has 0 saturated heterocycles. The monoisotopic (exact) mass is 291 g/mol. The second kappa shape index (κ2) is 8.15. The first kappa shape index (κ1) is 16.0. The fourth-order valence-corrected chi connectivity index (χ4v) is 2.66. The molecule has 0 aromatic heterocycles. The van der Waals surface area contributed by atoms with Crippen molar-refractivity contribution in [2.75, 3.05) is 26.3 Å². The van der Waals surface area contributed by atoms with E-state index in [1.165, 1.54) is 6.42 Å². The second-order valence-corrected chi connectivity index (χ2v) is 5.48. The second-order valence-electron chi connectivity index (χ2n) is 5.48. The van der Waals surface area contributed by atoms with Crippen LogP contribution in [0.4, 0.5) is 0 Å². The number of rotatable bonds is 9. The molecule has 1 aromatic carbocycles. The van der Waals surface area contributed by atoms with Gasteiger partial charge in [0.15, 0.2) is 5.78 Å².